The van der Waals surface area contributed by atoms with Crippen molar-refractivity contribution in [3.8, 4) is 11.5 Å². The van der Waals surface area contributed by atoms with Crippen molar-refractivity contribution < 1.29 is 28.0 Å². The number of hydrogen-bond acceptors (Lipinski definition) is 11. The van der Waals surface area contributed by atoms with Crippen LogP contribution in [0, 0.1) is 5.82 Å². The Balaban J connectivity index is 0.000000165. The third-order valence-corrected chi connectivity index (χ3v) is 12.7. The maximum Gasteiger partial charge on any atom is 0.228 e. The number of carbonyl (C=O) groups excluding carboxylic acids is 2. The first-order valence-corrected chi connectivity index (χ1v) is 21.4. The van der Waals surface area contributed by atoms with Gasteiger partial charge in [0.2, 0.25) is 5.91 Å². The molecular weight excluding hydrogens is 791 g/mol. The number of Topliss-reactive ketones (excluding diaryl/α,β-unsaturated/α-hetero) is 1. The lowest BCUT2D eigenvalue weighted by Gasteiger charge is -2.35. The van der Waals surface area contributed by atoms with Gasteiger partial charge in [-0.3, -0.25) is 14.5 Å². The van der Waals surface area contributed by atoms with Crippen LogP contribution < -0.4 is 19.7 Å². The van der Waals surface area contributed by atoms with Gasteiger partial charge in [-0.2, -0.15) is 4.37 Å². The van der Waals surface area contributed by atoms with Crippen LogP contribution in [0.5, 0.6) is 11.5 Å². The number of ether oxygens (including phenoxy) is 2. The maximum absolute atomic E-state index is 13.4. The Morgan fingerprint density at radius 3 is 2.54 bits per heavy atom. The lowest BCUT2D eigenvalue weighted by Crippen LogP contribution is -2.47. The first kappa shape index (κ1) is 40.7. The molecule has 6 aromatic rings. The number of piperidine rings is 1. The van der Waals surface area contributed by atoms with E-state index in [0.29, 0.717) is 41.6 Å². The van der Waals surface area contributed by atoms with Gasteiger partial charge in [0.15, 0.2) is 22.9 Å². The highest BCUT2D eigenvalue weighted by atomic mass is 35.5. The minimum atomic E-state index is -0.306. The Kier molecular flexibility index (Phi) is 12.7. The summed E-state index contributed by atoms with van der Waals surface area (Å²) < 4.78 is 35.8. The number of anilines is 2. The Morgan fingerprint density at radius 1 is 0.949 bits per heavy atom. The molecule has 4 aromatic carbocycles. The number of fused-ring (bicyclic) bond motifs is 3. The summed E-state index contributed by atoms with van der Waals surface area (Å²) in [5.41, 5.74) is 5.12. The number of methoxy groups -OCH3 is 1. The molecule has 0 spiro atoms. The number of piperazine rings is 1. The molecule has 0 aliphatic carbocycles. The number of likely N-dealkylation sites (tertiary alicyclic amines) is 1. The quantitative estimate of drug-likeness (QED) is 0.0950. The molecule has 0 saturated carbocycles. The topological polar surface area (TPSA) is 113 Å². The number of aromatic nitrogens is 2. The number of halogens is 2. The van der Waals surface area contributed by atoms with Gasteiger partial charge in [0.25, 0.3) is 0 Å². The Hall–Kier alpha value is -5.08. The SMILES string of the molecule is COc1cc(C(C)=O)ccc1OCCCN1CCC(c2noc3cc(F)ccc23)CC1.O=C1Cc2cc(CCN3CCN(c4nsc5ccccc45)CC3)c(Cl)cc2N1. The molecule has 2 aromatic heterocycles. The van der Waals surface area contributed by atoms with E-state index in [-0.39, 0.29) is 17.5 Å². The van der Waals surface area contributed by atoms with Crippen LogP contribution in [-0.2, 0) is 17.6 Å². The number of rotatable bonds is 12. The average molecular weight is 839 g/mol. The number of ketones is 1. The van der Waals surface area contributed by atoms with Crippen LogP contribution in [0.4, 0.5) is 15.9 Å². The number of carbonyl (C=O) groups is 2. The van der Waals surface area contributed by atoms with Crippen molar-refractivity contribution in [1.29, 1.82) is 0 Å². The summed E-state index contributed by atoms with van der Waals surface area (Å²) in [4.78, 5) is 30.4. The molecule has 1 N–H and O–H groups in total. The van der Waals surface area contributed by atoms with Crippen molar-refractivity contribution in [1.82, 2.24) is 19.3 Å². The van der Waals surface area contributed by atoms with Crippen LogP contribution in [-0.4, -0.2) is 97.1 Å². The first-order valence-electron chi connectivity index (χ1n) is 20.2. The standard InChI is InChI=1S/C24H27FN2O4.C21H21ClN4OS/c1-16(28)18-4-7-21(23(14-18)29-2)30-13-3-10-27-11-8-17(9-12-27)24-20-6-5-19(25)15-22(20)31-26-24;22-17-13-18-15(12-20(27)23-18)11-14(17)5-6-25-7-9-26(10-8-25)21-16-3-1-2-4-19(16)28-24-21/h4-7,14-15,17H,3,8-13H2,1-2H3;1-4,11,13H,5-10,12H2,(H,23,27). The Morgan fingerprint density at radius 2 is 1.75 bits per heavy atom. The highest BCUT2D eigenvalue weighted by Gasteiger charge is 2.26. The van der Waals surface area contributed by atoms with Gasteiger partial charge in [0, 0.05) is 78.3 Å². The predicted molar refractivity (Wildman–Crippen MR) is 231 cm³/mol. The monoisotopic (exact) mass is 838 g/mol. The highest BCUT2D eigenvalue weighted by molar-refractivity contribution is 7.13. The van der Waals surface area contributed by atoms with Crippen molar-refractivity contribution >= 4 is 67.4 Å². The van der Waals surface area contributed by atoms with Crippen LogP contribution in [0.25, 0.3) is 21.1 Å². The van der Waals surface area contributed by atoms with Gasteiger partial charge in [0.05, 0.1) is 30.5 Å². The zero-order chi connectivity index (χ0) is 40.9. The maximum atomic E-state index is 13.4. The fourth-order valence-corrected chi connectivity index (χ4v) is 9.24. The molecule has 0 radical (unpaired) electrons. The first-order chi connectivity index (χ1) is 28.7. The van der Waals surface area contributed by atoms with E-state index in [2.05, 4.69) is 59.9 Å². The highest BCUT2D eigenvalue weighted by Crippen LogP contribution is 2.34. The molecule has 9 rings (SSSR count). The summed E-state index contributed by atoms with van der Waals surface area (Å²) in [5.74, 6) is 2.43. The van der Waals surface area contributed by atoms with E-state index in [4.69, 9.17) is 25.6 Å². The van der Waals surface area contributed by atoms with Gasteiger partial charge in [0.1, 0.15) is 11.6 Å². The van der Waals surface area contributed by atoms with Crippen LogP contribution >= 0.6 is 23.1 Å². The van der Waals surface area contributed by atoms with Gasteiger partial charge < -0.3 is 29.1 Å². The van der Waals surface area contributed by atoms with Crippen LogP contribution in [0.2, 0.25) is 5.02 Å². The van der Waals surface area contributed by atoms with E-state index in [1.54, 1.807) is 42.9 Å². The molecular formula is C45H48ClFN6O5S. The lowest BCUT2D eigenvalue weighted by molar-refractivity contribution is -0.115. The summed E-state index contributed by atoms with van der Waals surface area (Å²) in [7, 11) is 1.57. The molecule has 2 fully saturated rings. The molecule has 1 amide bonds. The lowest BCUT2D eigenvalue weighted by atomic mass is 9.91. The molecule has 2 saturated heterocycles. The van der Waals surface area contributed by atoms with E-state index < -0.39 is 0 Å². The van der Waals surface area contributed by atoms with Gasteiger partial charge in [-0.15, -0.1) is 0 Å². The Bertz CT molecular complexity index is 2440. The van der Waals surface area contributed by atoms with Crippen molar-refractivity contribution in [2.24, 2.45) is 0 Å². The zero-order valence-electron chi connectivity index (χ0n) is 33.3. The molecule has 0 atom stereocenters. The molecule has 14 heteroatoms. The molecule has 5 heterocycles. The summed E-state index contributed by atoms with van der Waals surface area (Å²) in [6, 6.07) is 22.3. The van der Waals surface area contributed by atoms with E-state index in [0.717, 1.165) is 117 Å². The summed E-state index contributed by atoms with van der Waals surface area (Å²) >= 11 is 8.01. The minimum absolute atomic E-state index is 0.000894. The molecule has 11 nitrogen and oxygen atoms in total. The summed E-state index contributed by atoms with van der Waals surface area (Å²) in [6.45, 7) is 10.0. The molecule has 3 aliphatic heterocycles. The van der Waals surface area contributed by atoms with Crippen molar-refractivity contribution in [3.63, 3.8) is 0 Å². The van der Waals surface area contributed by atoms with Crippen LogP contribution in [0.1, 0.15) is 59.3 Å². The van der Waals surface area contributed by atoms with E-state index >= 15 is 0 Å². The average Bonchev–Trinajstić information content (AvgIpc) is 3.98. The van der Waals surface area contributed by atoms with Crippen molar-refractivity contribution in [2.45, 2.75) is 44.9 Å². The second-order valence-electron chi connectivity index (χ2n) is 15.4. The number of amides is 1. The second kappa shape index (κ2) is 18.5. The van der Waals surface area contributed by atoms with Gasteiger partial charge >= 0.3 is 0 Å². The molecule has 308 valence electrons. The predicted octanol–water partition coefficient (Wildman–Crippen LogP) is 8.64. The van der Waals surface area contributed by atoms with Crippen LogP contribution in [0.15, 0.2) is 77.3 Å². The largest absolute Gasteiger partial charge is 0.493 e. The fraction of sp³-hybridized carbons (Fsp3) is 0.378. The van der Waals surface area contributed by atoms with Gasteiger partial charge in [-0.05, 0) is 117 Å². The van der Waals surface area contributed by atoms with Gasteiger partial charge in [-0.1, -0.05) is 35.0 Å². The Labute approximate surface area is 352 Å². The minimum Gasteiger partial charge on any atom is -0.493 e. The number of nitrogens with one attached hydrogen (secondary N) is 1. The number of hydrogen-bond donors (Lipinski definition) is 1. The van der Waals surface area contributed by atoms with E-state index in [1.807, 2.05) is 6.07 Å². The summed E-state index contributed by atoms with van der Waals surface area (Å²) in [6.07, 6.45) is 4.26. The zero-order valence-corrected chi connectivity index (χ0v) is 34.9. The molecule has 59 heavy (non-hydrogen) atoms. The molecule has 0 unspecified atom stereocenters. The molecule has 3 aliphatic rings. The van der Waals surface area contributed by atoms with E-state index in [1.165, 1.54) is 29.1 Å². The fourth-order valence-electron chi connectivity index (χ4n) is 8.18. The van der Waals surface area contributed by atoms with Crippen molar-refractivity contribution in [2.75, 3.05) is 76.3 Å². The van der Waals surface area contributed by atoms with E-state index in [9.17, 15) is 14.0 Å². The second-order valence-corrected chi connectivity index (χ2v) is 16.6. The third-order valence-electron chi connectivity index (χ3n) is 11.5. The van der Waals surface area contributed by atoms with Gasteiger partial charge in [-0.25, -0.2) is 4.39 Å². The smallest absolute Gasteiger partial charge is 0.228 e. The van der Waals surface area contributed by atoms with Crippen molar-refractivity contribution in [3.05, 3.63) is 106 Å². The summed E-state index contributed by atoms with van der Waals surface area (Å²) in [5, 5.41) is 9.99. The number of nitrogens with zero attached hydrogens (tertiary/aromatic N) is 5. The third kappa shape index (κ3) is 9.54. The normalized spacial score (nSPS) is 16.2. The van der Waals surface area contributed by atoms with Crippen LogP contribution in [0.3, 0.4) is 0 Å². The number of benzene rings is 4. The molecule has 0 bridgehead atoms.